The Morgan fingerprint density at radius 1 is 1.15 bits per heavy atom. The Morgan fingerprint density at radius 2 is 1.88 bits per heavy atom. The van der Waals surface area contributed by atoms with Crippen LogP contribution in [0.1, 0.15) is 24.1 Å². The fraction of sp³-hybridized carbons (Fsp3) is 0.333. The standard InChI is InChI=1S/C24H27ClN2O6/c1-5-33-19-13-15(6-8-16(19)25)22(29)20-21(14-7-9-18(32-4)17(28)12-14)27(11-10-26(2)3)24(31)23(20)30/h6-9,12-13,21,28-29H,5,10-11H2,1-4H3/b22-20-. The highest BCUT2D eigenvalue weighted by atomic mass is 35.5. The van der Waals surface area contributed by atoms with Crippen LogP contribution in [0.25, 0.3) is 5.76 Å². The van der Waals surface area contributed by atoms with Crippen LogP contribution >= 0.6 is 11.6 Å². The van der Waals surface area contributed by atoms with Crippen LogP contribution in [0.15, 0.2) is 42.0 Å². The van der Waals surface area contributed by atoms with Crippen molar-refractivity contribution in [2.75, 3.05) is 40.9 Å². The maximum Gasteiger partial charge on any atom is 0.295 e. The van der Waals surface area contributed by atoms with Crippen LogP contribution in [0.3, 0.4) is 0 Å². The van der Waals surface area contributed by atoms with Crippen molar-refractivity contribution in [2.24, 2.45) is 0 Å². The van der Waals surface area contributed by atoms with Gasteiger partial charge in [0.2, 0.25) is 0 Å². The molecule has 2 N–H and O–H groups in total. The molecule has 0 aliphatic carbocycles. The number of rotatable bonds is 8. The zero-order valence-corrected chi connectivity index (χ0v) is 19.7. The first-order chi connectivity index (χ1) is 15.7. The monoisotopic (exact) mass is 474 g/mol. The second kappa shape index (κ2) is 10.1. The third-order valence-corrected chi connectivity index (χ3v) is 5.66. The molecule has 1 atom stereocenters. The summed E-state index contributed by atoms with van der Waals surface area (Å²) in [6.07, 6.45) is 0. The summed E-state index contributed by atoms with van der Waals surface area (Å²) in [6, 6.07) is 8.36. The summed E-state index contributed by atoms with van der Waals surface area (Å²) in [5, 5.41) is 21.9. The summed E-state index contributed by atoms with van der Waals surface area (Å²) in [4.78, 5) is 29.3. The Morgan fingerprint density at radius 3 is 2.48 bits per heavy atom. The number of aliphatic hydroxyl groups is 1. The number of Topliss-reactive ketones (excluding diaryl/α,β-unsaturated/α-hetero) is 1. The zero-order chi connectivity index (χ0) is 24.3. The number of amides is 1. The molecule has 1 fully saturated rings. The minimum atomic E-state index is -0.895. The molecule has 176 valence electrons. The Bertz CT molecular complexity index is 1100. The van der Waals surface area contributed by atoms with Crippen molar-refractivity contribution >= 4 is 29.1 Å². The largest absolute Gasteiger partial charge is 0.507 e. The van der Waals surface area contributed by atoms with Crippen LogP contribution in [0, 0.1) is 0 Å². The highest BCUT2D eigenvalue weighted by Gasteiger charge is 2.46. The number of likely N-dealkylation sites (N-methyl/N-ethyl adjacent to an activating group) is 1. The fourth-order valence-electron chi connectivity index (χ4n) is 3.71. The average Bonchev–Trinajstić information content (AvgIpc) is 3.03. The molecule has 1 saturated heterocycles. The molecule has 3 rings (SSSR count). The normalized spacial score (nSPS) is 17.6. The summed E-state index contributed by atoms with van der Waals surface area (Å²) in [7, 11) is 5.13. The van der Waals surface area contributed by atoms with Crippen LogP contribution < -0.4 is 9.47 Å². The van der Waals surface area contributed by atoms with Crippen LogP contribution in [0.2, 0.25) is 5.02 Å². The van der Waals surface area contributed by atoms with E-state index in [1.54, 1.807) is 31.2 Å². The SMILES string of the molecule is CCOc1cc(/C(O)=C2/C(=O)C(=O)N(CCN(C)C)C2c2ccc(OC)c(O)c2)ccc1Cl. The summed E-state index contributed by atoms with van der Waals surface area (Å²) >= 11 is 6.16. The Balaban J connectivity index is 2.18. The number of nitrogens with zero attached hydrogens (tertiary/aromatic N) is 2. The number of likely N-dealkylation sites (tertiary alicyclic amines) is 1. The molecule has 0 bridgehead atoms. The summed E-state index contributed by atoms with van der Waals surface area (Å²) < 4.78 is 10.6. The first kappa shape index (κ1) is 24.4. The molecule has 2 aromatic carbocycles. The molecule has 1 heterocycles. The first-order valence-electron chi connectivity index (χ1n) is 10.4. The number of aromatic hydroxyl groups is 1. The lowest BCUT2D eigenvalue weighted by Crippen LogP contribution is -2.35. The molecular formula is C24H27ClN2O6. The molecule has 1 unspecified atom stereocenters. The highest BCUT2D eigenvalue weighted by molar-refractivity contribution is 6.46. The van der Waals surface area contributed by atoms with Crippen LogP contribution in [-0.4, -0.2) is 72.6 Å². The zero-order valence-electron chi connectivity index (χ0n) is 19.0. The number of benzene rings is 2. The van der Waals surface area contributed by atoms with E-state index in [1.807, 2.05) is 19.0 Å². The topological polar surface area (TPSA) is 99.5 Å². The van der Waals surface area contributed by atoms with E-state index < -0.39 is 17.7 Å². The number of phenolic OH excluding ortho intramolecular Hbond substituents is 1. The average molecular weight is 475 g/mol. The molecule has 1 amide bonds. The van der Waals surface area contributed by atoms with E-state index in [0.717, 1.165) is 0 Å². The van der Waals surface area contributed by atoms with Gasteiger partial charge in [-0.15, -0.1) is 0 Å². The van der Waals surface area contributed by atoms with Crippen molar-refractivity contribution in [1.29, 1.82) is 0 Å². The number of methoxy groups -OCH3 is 1. The van der Waals surface area contributed by atoms with Crippen molar-refractivity contribution in [3.63, 3.8) is 0 Å². The van der Waals surface area contributed by atoms with Gasteiger partial charge in [-0.25, -0.2) is 0 Å². The number of halogens is 1. The number of carbonyl (C=O) groups is 2. The van der Waals surface area contributed by atoms with E-state index >= 15 is 0 Å². The van der Waals surface area contributed by atoms with E-state index in [-0.39, 0.29) is 34.9 Å². The molecule has 1 aliphatic rings. The summed E-state index contributed by atoms with van der Waals surface area (Å²) in [5.74, 6) is -1.42. The number of hydrogen-bond acceptors (Lipinski definition) is 7. The van der Waals surface area contributed by atoms with Gasteiger partial charge in [-0.1, -0.05) is 17.7 Å². The lowest BCUT2D eigenvalue weighted by molar-refractivity contribution is -0.140. The van der Waals surface area contributed by atoms with Crippen LogP contribution in [0.5, 0.6) is 17.2 Å². The molecule has 8 nitrogen and oxygen atoms in total. The minimum absolute atomic E-state index is 0.0758. The molecule has 0 spiro atoms. The van der Waals surface area contributed by atoms with Gasteiger partial charge < -0.3 is 29.5 Å². The van der Waals surface area contributed by atoms with Gasteiger partial charge in [-0.05, 0) is 56.9 Å². The first-order valence-corrected chi connectivity index (χ1v) is 10.8. The Kier molecular flexibility index (Phi) is 7.50. The number of ketones is 1. The molecule has 0 aromatic heterocycles. The summed E-state index contributed by atoms with van der Waals surface area (Å²) in [5.41, 5.74) is 0.677. The van der Waals surface area contributed by atoms with E-state index in [4.69, 9.17) is 21.1 Å². The molecule has 33 heavy (non-hydrogen) atoms. The van der Waals surface area contributed by atoms with Crippen molar-refractivity contribution in [3.8, 4) is 17.2 Å². The van der Waals surface area contributed by atoms with E-state index in [1.165, 1.54) is 24.1 Å². The van der Waals surface area contributed by atoms with Crippen LogP contribution in [0.4, 0.5) is 0 Å². The van der Waals surface area contributed by atoms with Gasteiger partial charge in [0.1, 0.15) is 11.5 Å². The quantitative estimate of drug-likeness (QED) is 0.343. The van der Waals surface area contributed by atoms with Gasteiger partial charge >= 0.3 is 0 Å². The van der Waals surface area contributed by atoms with Crippen LogP contribution in [-0.2, 0) is 9.59 Å². The van der Waals surface area contributed by atoms with E-state index in [2.05, 4.69) is 0 Å². The second-order valence-corrected chi connectivity index (χ2v) is 8.21. The lowest BCUT2D eigenvalue weighted by atomic mass is 9.95. The second-order valence-electron chi connectivity index (χ2n) is 7.81. The van der Waals surface area contributed by atoms with Gasteiger partial charge in [-0.2, -0.15) is 0 Å². The van der Waals surface area contributed by atoms with Gasteiger partial charge in [0.05, 0.1) is 30.4 Å². The van der Waals surface area contributed by atoms with E-state index in [0.29, 0.717) is 29.5 Å². The number of aliphatic hydroxyl groups excluding tert-OH is 1. The number of carbonyl (C=O) groups excluding carboxylic acids is 2. The number of hydrogen-bond donors (Lipinski definition) is 2. The predicted octanol–water partition coefficient (Wildman–Crippen LogP) is 3.44. The van der Waals surface area contributed by atoms with Gasteiger partial charge in [0.25, 0.3) is 11.7 Å². The van der Waals surface area contributed by atoms with E-state index in [9.17, 15) is 19.8 Å². The molecule has 0 radical (unpaired) electrons. The summed E-state index contributed by atoms with van der Waals surface area (Å²) in [6.45, 7) is 2.91. The molecule has 1 aliphatic heterocycles. The molecule has 0 saturated carbocycles. The third kappa shape index (κ3) is 4.91. The maximum atomic E-state index is 13.1. The van der Waals surface area contributed by atoms with Crippen molar-refractivity contribution in [2.45, 2.75) is 13.0 Å². The number of ether oxygens (including phenoxy) is 2. The highest BCUT2D eigenvalue weighted by Crippen LogP contribution is 2.42. The Hall–Kier alpha value is -3.23. The maximum absolute atomic E-state index is 13.1. The molecular weight excluding hydrogens is 448 g/mol. The number of phenols is 1. The molecule has 2 aromatic rings. The van der Waals surface area contributed by atoms with Crippen molar-refractivity contribution in [3.05, 3.63) is 58.1 Å². The molecule has 9 heteroatoms. The van der Waals surface area contributed by atoms with Gasteiger partial charge in [0, 0.05) is 18.7 Å². The predicted molar refractivity (Wildman–Crippen MR) is 125 cm³/mol. The van der Waals surface area contributed by atoms with Gasteiger partial charge in [0.15, 0.2) is 11.5 Å². The minimum Gasteiger partial charge on any atom is -0.507 e. The Labute approximate surface area is 197 Å². The van der Waals surface area contributed by atoms with Crippen molar-refractivity contribution < 1.29 is 29.3 Å². The fourth-order valence-corrected chi connectivity index (χ4v) is 3.89. The van der Waals surface area contributed by atoms with Crippen molar-refractivity contribution in [1.82, 2.24) is 9.80 Å². The third-order valence-electron chi connectivity index (χ3n) is 5.35. The van der Waals surface area contributed by atoms with Gasteiger partial charge in [-0.3, -0.25) is 9.59 Å². The smallest absolute Gasteiger partial charge is 0.295 e. The lowest BCUT2D eigenvalue weighted by Gasteiger charge is -2.27.